The van der Waals surface area contributed by atoms with Crippen LogP contribution in [0.4, 0.5) is 0 Å². The van der Waals surface area contributed by atoms with Gasteiger partial charge in [0.2, 0.25) is 0 Å². The molecule has 1 fully saturated rings. The van der Waals surface area contributed by atoms with Crippen LogP contribution in [-0.4, -0.2) is 21.2 Å². The third-order valence-corrected chi connectivity index (χ3v) is 5.02. The highest BCUT2D eigenvalue weighted by Crippen LogP contribution is 2.23. The lowest BCUT2D eigenvalue weighted by atomic mass is 10.1. The average molecular weight is 306 g/mol. The van der Waals surface area contributed by atoms with Gasteiger partial charge in [0, 0.05) is 29.9 Å². The summed E-state index contributed by atoms with van der Waals surface area (Å²) in [6.07, 6.45) is 6.17. The van der Waals surface area contributed by atoms with Crippen molar-refractivity contribution in [2.75, 3.05) is 0 Å². The molecule has 0 spiro atoms. The quantitative estimate of drug-likeness (QED) is 0.681. The second kappa shape index (κ2) is 6.80. The zero-order chi connectivity index (χ0) is 14.7. The summed E-state index contributed by atoms with van der Waals surface area (Å²) in [7, 11) is 0. The van der Waals surface area contributed by atoms with Crippen LogP contribution >= 0.6 is 11.6 Å². The topological polar surface area (TPSA) is 29.9 Å². The molecule has 1 aromatic carbocycles. The van der Waals surface area contributed by atoms with Crippen LogP contribution in [0.15, 0.2) is 24.3 Å². The number of aryl methyl sites for hydroxylation is 1. The minimum absolute atomic E-state index is 0.257. The van der Waals surface area contributed by atoms with Crippen LogP contribution in [0.1, 0.15) is 44.7 Å². The van der Waals surface area contributed by atoms with Gasteiger partial charge in [-0.3, -0.25) is 4.68 Å². The van der Waals surface area contributed by atoms with Crippen LogP contribution in [-0.2, 0) is 13.1 Å². The van der Waals surface area contributed by atoms with Crippen LogP contribution in [0.25, 0.3) is 10.9 Å². The molecule has 0 aliphatic heterocycles. The Morgan fingerprint density at radius 2 is 2.05 bits per heavy atom. The summed E-state index contributed by atoms with van der Waals surface area (Å²) in [6, 6.07) is 8.89. The molecule has 1 N–H and O–H groups in total. The van der Waals surface area contributed by atoms with Crippen molar-refractivity contribution in [3.8, 4) is 0 Å². The van der Waals surface area contributed by atoms with Crippen LogP contribution in [0, 0.1) is 0 Å². The van der Waals surface area contributed by atoms with Gasteiger partial charge in [0.1, 0.15) is 0 Å². The summed E-state index contributed by atoms with van der Waals surface area (Å²) in [5, 5.41) is 9.91. The van der Waals surface area contributed by atoms with Crippen molar-refractivity contribution in [1.29, 1.82) is 0 Å². The van der Waals surface area contributed by atoms with Gasteiger partial charge in [-0.1, -0.05) is 37.5 Å². The highest BCUT2D eigenvalue weighted by molar-refractivity contribution is 6.21. The number of halogens is 1. The van der Waals surface area contributed by atoms with Gasteiger partial charge in [-0.05, 0) is 25.8 Å². The lowest BCUT2D eigenvalue weighted by molar-refractivity contribution is 0.460. The highest BCUT2D eigenvalue weighted by atomic mass is 35.5. The summed E-state index contributed by atoms with van der Waals surface area (Å²) in [5.74, 6) is 0. The number of fused-ring (bicyclic) bond motifs is 1. The monoisotopic (exact) mass is 305 g/mol. The van der Waals surface area contributed by atoms with Crippen LogP contribution in [0.5, 0.6) is 0 Å². The van der Waals surface area contributed by atoms with Gasteiger partial charge in [-0.25, -0.2) is 0 Å². The van der Waals surface area contributed by atoms with Gasteiger partial charge in [0.25, 0.3) is 0 Å². The van der Waals surface area contributed by atoms with Gasteiger partial charge in [-0.15, -0.1) is 11.6 Å². The van der Waals surface area contributed by atoms with Crippen molar-refractivity contribution in [2.24, 2.45) is 0 Å². The van der Waals surface area contributed by atoms with Gasteiger partial charge in [0.15, 0.2) is 0 Å². The van der Waals surface area contributed by atoms with E-state index >= 15 is 0 Å². The van der Waals surface area contributed by atoms with E-state index in [9.17, 15) is 0 Å². The molecule has 2 aromatic rings. The molecule has 114 valence electrons. The molecule has 3 rings (SSSR count). The summed E-state index contributed by atoms with van der Waals surface area (Å²) in [5.41, 5.74) is 2.36. The third kappa shape index (κ3) is 3.24. The summed E-state index contributed by atoms with van der Waals surface area (Å²) < 4.78 is 2.08. The number of hydrogen-bond acceptors (Lipinski definition) is 2. The number of para-hydroxylation sites is 1. The zero-order valence-corrected chi connectivity index (χ0v) is 13.4. The SMILES string of the molecule is CCn1nc(CNC2CCCCCC2Cl)c2ccccc21. The molecule has 0 saturated heterocycles. The Balaban J connectivity index is 1.75. The molecule has 2 atom stereocenters. The summed E-state index contributed by atoms with van der Waals surface area (Å²) in [4.78, 5) is 0. The average Bonchev–Trinajstić information content (AvgIpc) is 2.74. The normalized spacial score (nSPS) is 23.3. The number of alkyl halides is 1. The molecule has 3 nitrogen and oxygen atoms in total. The highest BCUT2D eigenvalue weighted by Gasteiger charge is 2.21. The van der Waals surface area contributed by atoms with E-state index in [1.165, 1.54) is 36.6 Å². The smallest absolute Gasteiger partial charge is 0.0841 e. The maximum absolute atomic E-state index is 6.52. The molecule has 4 heteroatoms. The number of nitrogens with zero attached hydrogens (tertiary/aromatic N) is 2. The molecule has 0 amide bonds. The lowest BCUT2D eigenvalue weighted by Crippen LogP contribution is -2.36. The maximum atomic E-state index is 6.52. The van der Waals surface area contributed by atoms with Gasteiger partial charge >= 0.3 is 0 Å². The molecule has 2 unspecified atom stereocenters. The Hall–Kier alpha value is -1.06. The second-order valence-corrected chi connectivity index (χ2v) is 6.48. The van der Waals surface area contributed by atoms with Crippen molar-refractivity contribution in [1.82, 2.24) is 15.1 Å². The molecule has 1 aromatic heterocycles. The standard InChI is InChI=1S/C17H24ClN3/c1-2-21-17-11-7-6-8-13(17)16(20-21)12-19-15-10-5-3-4-9-14(15)18/h6-8,11,14-15,19H,2-5,9-10,12H2,1H3. The van der Waals surface area contributed by atoms with Gasteiger partial charge in [0.05, 0.1) is 11.2 Å². The van der Waals surface area contributed by atoms with Crippen LogP contribution in [0.2, 0.25) is 0 Å². The lowest BCUT2D eigenvalue weighted by Gasteiger charge is -2.20. The van der Waals surface area contributed by atoms with Gasteiger partial charge < -0.3 is 5.32 Å². The zero-order valence-electron chi connectivity index (χ0n) is 12.7. The summed E-state index contributed by atoms with van der Waals surface area (Å²) >= 11 is 6.52. The Morgan fingerprint density at radius 3 is 2.90 bits per heavy atom. The maximum Gasteiger partial charge on any atom is 0.0841 e. The summed E-state index contributed by atoms with van der Waals surface area (Å²) in [6.45, 7) is 3.85. The molecule has 1 aliphatic carbocycles. The molecule has 0 bridgehead atoms. The van der Waals surface area contributed by atoms with E-state index in [1.54, 1.807) is 0 Å². The number of nitrogens with one attached hydrogen (secondary N) is 1. The first-order valence-corrected chi connectivity index (χ1v) is 8.55. The van der Waals surface area contributed by atoms with Crippen LogP contribution in [0.3, 0.4) is 0 Å². The molecule has 1 heterocycles. The first kappa shape index (κ1) is 14.9. The van der Waals surface area contributed by atoms with Crippen molar-refractivity contribution < 1.29 is 0 Å². The van der Waals surface area contributed by atoms with E-state index in [2.05, 4.69) is 41.2 Å². The Kier molecular flexibility index (Phi) is 4.81. The van der Waals surface area contributed by atoms with Crippen molar-refractivity contribution >= 4 is 22.5 Å². The Bertz CT molecular complexity index is 593. The Morgan fingerprint density at radius 1 is 1.24 bits per heavy atom. The first-order valence-electron chi connectivity index (χ1n) is 8.11. The van der Waals surface area contributed by atoms with E-state index in [0.29, 0.717) is 6.04 Å². The van der Waals surface area contributed by atoms with E-state index in [1.807, 2.05) is 0 Å². The fraction of sp³-hybridized carbons (Fsp3) is 0.588. The van der Waals surface area contributed by atoms with Crippen molar-refractivity contribution in [2.45, 2.75) is 63.5 Å². The number of hydrogen-bond donors (Lipinski definition) is 1. The van der Waals surface area contributed by atoms with E-state index in [-0.39, 0.29) is 5.38 Å². The van der Waals surface area contributed by atoms with Gasteiger partial charge in [-0.2, -0.15) is 5.10 Å². The minimum atomic E-state index is 0.257. The van der Waals surface area contributed by atoms with Crippen LogP contribution < -0.4 is 5.32 Å². The molecular formula is C17H24ClN3. The molecular weight excluding hydrogens is 282 g/mol. The van der Waals surface area contributed by atoms with Crippen molar-refractivity contribution in [3.05, 3.63) is 30.0 Å². The van der Waals surface area contributed by atoms with E-state index < -0.39 is 0 Å². The van der Waals surface area contributed by atoms with E-state index in [0.717, 1.165) is 25.2 Å². The fourth-order valence-corrected chi connectivity index (χ4v) is 3.66. The second-order valence-electron chi connectivity index (χ2n) is 5.92. The Labute approximate surface area is 131 Å². The van der Waals surface area contributed by atoms with E-state index in [4.69, 9.17) is 16.7 Å². The molecule has 1 saturated carbocycles. The first-order chi connectivity index (χ1) is 10.3. The largest absolute Gasteiger partial charge is 0.307 e. The predicted octanol–water partition coefficient (Wildman–Crippen LogP) is 4.09. The molecule has 21 heavy (non-hydrogen) atoms. The number of benzene rings is 1. The number of aromatic nitrogens is 2. The number of rotatable bonds is 4. The molecule has 1 aliphatic rings. The minimum Gasteiger partial charge on any atom is -0.307 e. The van der Waals surface area contributed by atoms with Crippen molar-refractivity contribution in [3.63, 3.8) is 0 Å². The third-order valence-electron chi connectivity index (χ3n) is 4.50. The predicted molar refractivity (Wildman–Crippen MR) is 88.8 cm³/mol. The fourth-order valence-electron chi connectivity index (χ4n) is 3.29. The molecule has 0 radical (unpaired) electrons.